The highest BCUT2D eigenvalue weighted by molar-refractivity contribution is 9.10. The summed E-state index contributed by atoms with van der Waals surface area (Å²) in [6.07, 6.45) is 0. The van der Waals surface area contributed by atoms with Crippen LogP contribution in [-0.2, 0) is 6.54 Å². The van der Waals surface area contributed by atoms with Gasteiger partial charge in [-0.25, -0.2) is 0 Å². The van der Waals surface area contributed by atoms with Gasteiger partial charge in [-0.15, -0.1) is 0 Å². The van der Waals surface area contributed by atoms with Crippen molar-refractivity contribution < 1.29 is 4.92 Å². The van der Waals surface area contributed by atoms with E-state index in [9.17, 15) is 10.1 Å². The zero-order valence-electron chi connectivity index (χ0n) is 11.2. The molecule has 1 aromatic rings. The van der Waals surface area contributed by atoms with E-state index in [0.717, 1.165) is 12.1 Å². The maximum absolute atomic E-state index is 10.9. The molecule has 100 valence electrons. The summed E-state index contributed by atoms with van der Waals surface area (Å²) in [4.78, 5) is 12.7. The molecule has 0 bridgehead atoms. The maximum Gasteiger partial charge on any atom is 0.283 e. The Morgan fingerprint density at radius 1 is 1.39 bits per heavy atom. The van der Waals surface area contributed by atoms with E-state index in [4.69, 9.17) is 0 Å². The molecule has 0 aromatic heterocycles. The molecular formula is C13H19BrN2O2. The number of hydrogen-bond acceptors (Lipinski definition) is 3. The van der Waals surface area contributed by atoms with Gasteiger partial charge >= 0.3 is 0 Å². The van der Waals surface area contributed by atoms with E-state index in [1.165, 1.54) is 6.07 Å². The van der Waals surface area contributed by atoms with Crippen molar-refractivity contribution in [2.24, 2.45) is 5.41 Å². The summed E-state index contributed by atoms with van der Waals surface area (Å²) in [6.45, 7) is 8.14. The van der Waals surface area contributed by atoms with Crippen molar-refractivity contribution in [3.8, 4) is 0 Å². The summed E-state index contributed by atoms with van der Waals surface area (Å²) in [7, 11) is 2.02. The molecule has 0 atom stereocenters. The van der Waals surface area contributed by atoms with E-state index in [0.29, 0.717) is 11.0 Å². The first-order valence-electron chi connectivity index (χ1n) is 5.81. The number of nitro groups is 1. The summed E-state index contributed by atoms with van der Waals surface area (Å²) < 4.78 is 0.579. The molecule has 0 spiro atoms. The summed E-state index contributed by atoms with van der Waals surface area (Å²) in [6, 6.07) is 5.15. The molecule has 0 amide bonds. The van der Waals surface area contributed by atoms with Crippen molar-refractivity contribution >= 4 is 21.6 Å². The minimum Gasteiger partial charge on any atom is -0.302 e. The Hall–Kier alpha value is -0.940. The lowest BCUT2D eigenvalue weighted by Gasteiger charge is -2.26. The average Bonchev–Trinajstić information content (AvgIpc) is 2.17. The second-order valence-electron chi connectivity index (χ2n) is 5.74. The summed E-state index contributed by atoms with van der Waals surface area (Å²) in [5.74, 6) is 0. The van der Waals surface area contributed by atoms with Crippen LogP contribution in [0.25, 0.3) is 0 Å². The number of benzene rings is 1. The Kier molecular flexibility index (Phi) is 4.87. The first-order chi connectivity index (χ1) is 8.20. The van der Waals surface area contributed by atoms with Crippen LogP contribution >= 0.6 is 15.9 Å². The van der Waals surface area contributed by atoms with Crippen molar-refractivity contribution in [3.63, 3.8) is 0 Å². The molecule has 0 aliphatic rings. The van der Waals surface area contributed by atoms with Gasteiger partial charge in [-0.1, -0.05) is 32.9 Å². The van der Waals surface area contributed by atoms with E-state index in [-0.39, 0.29) is 16.0 Å². The standard InChI is InChI=1S/C13H19BrN2O2/c1-13(2,3)9-15(4)8-10-6-5-7-11(12(10)14)16(17)18/h5-7H,8-9H2,1-4H3. The first-order valence-corrected chi connectivity index (χ1v) is 6.60. The van der Waals surface area contributed by atoms with E-state index < -0.39 is 0 Å². The van der Waals surface area contributed by atoms with E-state index in [2.05, 4.69) is 41.6 Å². The quantitative estimate of drug-likeness (QED) is 0.626. The van der Waals surface area contributed by atoms with Crippen LogP contribution in [-0.4, -0.2) is 23.4 Å². The molecule has 0 heterocycles. The number of rotatable bonds is 4. The molecule has 0 aliphatic carbocycles. The Balaban J connectivity index is 2.85. The second kappa shape index (κ2) is 5.80. The van der Waals surface area contributed by atoms with Gasteiger partial charge in [0.1, 0.15) is 0 Å². The molecule has 0 aliphatic heterocycles. The summed E-state index contributed by atoms with van der Waals surface area (Å²) in [5, 5.41) is 10.9. The molecule has 0 saturated carbocycles. The van der Waals surface area contributed by atoms with Gasteiger partial charge in [0, 0.05) is 19.2 Å². The fourth-order valence-corrected chi connectivity index (χ4v) is 2.52. The van der Waals surface area contributed by atoms with Crippen LogP contribution < -0.4 is 0 Å². The zero-order chi connectivity index (χ0) is 13.9. The normalized spacial score (nSPS) is 11.9. The molecule has 0 radical (unpaired) electrons. The van der Waals surface area contributed by atoms with Crippen molar-refractivity contribution in [3.05, 3.63) is 38.3 Å². The fourth-order valence-electron chi connectivity index (χ4n) is 1.99. The van der Waals surface area contributed by atoms with Crippen molar-refractivity contribution in [2.75, 3.05) is 13.6 Å². The van der Waals surface area contributed by atoms with Crippen LogP contribution in [0.2, 0.25) is 0 Å². The van der Waals surface area contributed by atoms with Crippen LogP contribution in [0, 0.1) is 15.5 Å². The summed E-state index contributed by atoms with van der Waals surface area (Å²) in [5.41, 5.74) is 1.27. The predicted molar refractivity (Wildman–Crippen MR) is 76.6 cm³/mol. The third-order valence-electron chi connectivity index (χ3n) is 2.44. The van der Waals surface area contributed by atoms with E-state index in [1.54, 1.807) is 6.07 Å². The van der Waals surface area contributed by atoms with Gasteiger partial charge in [-0.3, -0.25) is 10.1 Å². The molecule has 4 nitrogen and oxygen atoms in total. The molecular weight excluding hydrogens is 296 g/mol. The van der Waals surface area contributed by atoms with Gasteiger partial charge in [0.15, 0.2) is 0 Å². The van der Waals surface area contributed by atoms with Crippen LogP contribution in [0.15, 0.2) is 22.7 Å². The van der Waals surface area contributed by atoms with Crippen molar-refractivity contribution in [1.29, 1.82) is 0 Å². The van der Waals surface area contributed by atoms with Crippen LogP contribution in [0.4, 0.5) is 5.69 Å². The molecule has 0 unspecified atom stereocenters. The Morgan fingerprint density at radius 2 is 2.00 bits per heavy atom. The van der Waals surface area contributed by atoms with Gasteiger partial charge in [0.25, 0.3) is 5.69 Å². The highest BCUT2D eigenvalue weighted by Gasteiger charge is 2.18. The first kappa shape index (κ1) is 15.1. The highest BCUT2D eigenvalue weighted by Crippen LogP contribution is 2.29. The zero-order valence-corrected chi connectivity index (χ0v) is 12.8. The number of hydrogen-bond donors (Lipinski definition) is 0. The largest absolute Gasteiger partial charge is 0.302 e. The summed E-state index contributed by atoms with van der Waals surface area (Å²) >= 11 is 3.32. The van der Waals surface area contributed by atoms with Gasteiger partial charge < -0.3 is 4.90 Å². The lowest BCUT2D eigenvalue weighted by molar-refractivity contribution is -0.385. The van der Waals surface area contributed by atoms with E-state index >= 15 is 0 Å². The molecule has 1 rings (SSSR count). The smallest absolute Gasteiger partial charge is 0.283 e. The maximum atomic E-state index is 10.9. The second-order valence-corrected chi connectivity index (χ2v) is 6.53. The SMILES string of the molecule is CN(Cc1cccc([N+](=O)[O-])c1Br)CC(C)(C)C. The third-order valence-corrected chi connectivity index (χ3v) is 3.36. The number of nitro benzene ring substituents is 1. The minimum atomic E-state index is -0.364. The van der Waals surface area contributed by atoms with Crippen LogP contribution in [0.1, 0.15) is 26.3 Å². The Bertz CT molecular complexity index is 441. The van der Waals surface area contributed by atoms with E-state index in [1.807, 2.05) is 13.1 Å². The molecule has 18 heavy (non-hydrogen) atoms. The lowest BCUT2D eigenvalue weighted by atomic mass is 9.96. The van der Waals surface area contributed by atoms with Gasteiger partial charge in [-0.05, 0) is 34.0 Å². The van der Waals surface area contributed by atoms with Gasteiger partial charge in [0.2, 0.25) is 0 Å². The molecule has 0 fully saturated rings. The third kappa shape index (κ3) is 4.38. The molecule has 0 saturated heterocycles. The van der Waals surface area contributed by atoms with Crippen molar-refractivity contribution in [1.82, 2.24) is 4.90 Å². The average molecular weight is 315 g/mol. The molecule has 1 aromatic carbocycles. The van der Waals surface area contributed by atoms with Gasteiger partial charge in [0.05, 0.1) is 9.40 Å². The lowest BCUT2D eigenvalue weighted by Crippen LogP contribution is -2.29. The Labute approximate surface area is 116 Å². The van der Waals surface area contributed by atoms with Crippen LogP contribution in [0.3, 0.4) is 0 Å². The van der Waals surface area contributed by atoms with Crippen LogP contribution in [0.5, 0.6) is 0 Å². The number of halogens is 1. The minimum absolute atomic E-state index is 0.122. The molecule has 0 N–H and O–H groups in total. The van der Waals surface area contributed by atoms with Gasteiger partial charge in [-0.2, -0.15) is 0 Å². The van der Waals surface area contributed by atoms with Crippen molar-refractivity contribution in [2.45, 2.75) is 27.3 Å². The predicted octanol–water partition coefficient (Wildman–Crippen LogP) is 3.84. The monoisotopic (exact) mass is 314 g/mol. The number of nitrogens with zero attached hydrogens (tertiary/aromatic N) is 2. The topological polar surface area (TPSA) is 46.4 Å². The Morgan fingerprint density at radius 3 is 2.50 bits per heavy atom. The fraction of sp³-hybridized carbons (Fsp3) is 0.538. The highest BCUT2D eigenvalue weighted by atomic mass is 79.9. The molecule has 5 heteroatoms.